The molecule has 1 saturated heterocycles. The Labute approximate surface area is 182 Å². The summed E-state index contributed by atoms with van der Waals surface area (Å²) in [5, 5.41) is 7.45. The number of alkyl halides is 2. The molecule has 2 aromatic heterocycles. The summed E-state index contributed by atoms with van der Waals surface area (Å²) in [6.07, 6.45) is 3.30. The smallest absolute Gasteiger partial charge is 0.387 e. The maximum Gasteiger partial charge on any atom is 0.387 e. The van der Waals surface area contributed by atoms with E-state index in [4.69, 9.17) is 0 Å². The molecule has 8 nitrogen and oxygen atoms in total. The SMILES string of the molecule is CC1(NC(=O)c2cnc3c(-c4cccc(OC(F)F)c4)nn(C4CC4)c3c2)CS(=O)(=O)C1. The predicted octanol–water partition coefficient (Wildman–Crippen LogP) is 2.95. The third-order valence-corrected chi connectivity index (χ3v) is 7.68. The van der Waals surface area contributed by atoms with Crippen LogP contribution in [0, 0.1) is 0 Å². The molecule has 5 rings (SSSR count). The van der Waals surface area contributed by atoms with Crippen LogP contribution < -0.4 is 10.1 Å². The van der Waals surface area contributed by atoms with Crippen LogP contribution in [-0.4, -0.2) is 52.7 Å². The Morgan fingerprint density at radius 2 is 2.03 bits per heavy atom. The maximum absolute atomic E-state index is 12.8. The molecule has 0 unspecified atom stereocenters. The summed E-state index contributed by atoms with van der Waals surface area (Å²) in [6, 6.07) is 8.11. The highest BCUT2D eigenvalue weighted by Gasteiger charge is 2.45. The summed E-state index contributed by atoms with van der Waals surface area (Å²) >= 11 is 0. The van der Waals surface area contributed by atoms with Crippen LogP contribution in [0.15, 0.2) is 36.5 Å². The average Bonchev–Trinajstić information content (AvgIpc) is 3.46. The van der Waals surface area contributed by atoms with Crippen molar-refractivity contribution in [3.63, 3.8) is 0 Å². The number of hydrogen-bond donors (Lipinski definition) is 1. The molecule has 1 aromatic carbocycles. The van der Waals surface area contributed by atoms with E-state index in [2.05, 4.69) is 20.1 Å². The Kier molecular flexibility index (Phi) is 4.70. The Hall–Kier alpha value is -3.08. The van der Waals surface area contributed by atoms with Gasteiger partial charge in [-0.1, -0.05) is 12.1 Å². The number of carbonyl (C=O) groups is 1. The Balaban J connectivity index is 1.50. The summed E-state index contributed by atoms with van der Waals surface area (Å²) in [7, 11) is -3.10. The van der Waals surface area contributed by atoms with Crippen molar-refractivity contribution in [3.8, 4) is 17.0 Å². The fraction of sp³-hybridized carbons (Fsp3) is 0.381. The molecule has 0 spiro atoms. The van der Waals surface area contributed by atoms with Gasteiger partial charge in [-0.2, -0.15) is 13.9 Å². The molecule has 0 bridgehead atoms. The van der Waals surface area contributed by atoms with Crippen LogP contribution in [-0.2, 0) is 9.84 Å². The lowest BCUT2D eigenvalue weighted by Gasteiger charge is -2.38. The first-order chi connectivity index (χ1) is 15.1. The fourth-order valence-corrected chi connectivity index (χ4v) is 6.10. The average molecular weight is 462 g/mol. The largest absolute Gasteiger partial charge is 0.435 e. The molecule has 3 heterocycles. The zero-order valence-electron chi connectivity index (χ0n) is 17.1. The summed E-state index contributed by atoms with van der Waals surface area (Å²) in [5.74, 6) is -0.578. The van der Waals surface area contributed by atoms with E-state index in [9.17, 15) is 22.0 Å². The van der Waals surface area contributed by atoms with Crippen molar-refractivity contribution in [2.75, 3.05) is 11.5 Å². The van der Waals surface area contributed by atoms with Gasteiger partial charge >= 0.3 is 6.61 Å². The minimum Gasteiger partial charge on any atom is -0.435 e. The molecule has 0 atom stereocenters. The van der Waals surface area contributed by atoms with E-state index in [1.54, 1.807) is 25.1 Å². The number of nitrogens with one attached hydrogen (secondary N) is 1. The molecular weight excluding hydrogens is 442 g/mol. The molecular formula is C21H20F2N4O4S. The molecule has 2 fully saturated rings. The molecule has 168 valence electrons. The van der Waals surface area contributed by atoms with E-state index in [0.717, 1.165) is 12.8 Å². The molecule has 1 aliphatic carbocycles. The van der Waals surface area contributed by atoms with Crippen LogP contribution in [0.1, 0.15) is 36.2 Å². The fourth-order valence-electron chi connectivity index (χ4n) is 4.10. The molecule has 2 aliphatic rings. The van der Waals surface area contributed by atoms with Gasteiger partial charge in [0, 0.05) is 11.8 Å². The number of ether oxygens (including phenoxy) is 1. The highest BCUT2D eigenvalue weighted by atomic mass is 32.2. The molecule has 1 N–H and O–H groups in total. The van der Waals surface area contributed by atoms with Crippen LogP contribution in [0.5, 0.6) is 5.75 Å². The van der Waals surface area contributed by atoms with Gasteiger partial charge < -0.3 is 10.1 Å². The number of nitrogens with zero attached hydrogens (tertiary/aromatic N) is 3. The van der Waals surface area contributed by atoms with Gasteiger partial charge in [-0.3, -0.25) is 14.5 Å². The van der Waals surface area contributed by atoms with Gasteiger partial charge in [-0.25, -0.2) is 8.42 Å². The highest BCUT2D eigenvalue weighted by molar-refractivity contribution is 7.93. The van der Waals surface area contributed by atoms with Crippen LogP contribution in [0.4, 0.5) is 8.78 Å². The third-order valence-electron chi connectivity index (χ3n) is 5.53. The number of fused-ring (bicyclic) bond motifs is 1. The number of halogens is 2. The van der Waals surface area contributed by atoms with Gasteiger partial charge in [-0.15, -0.1) is 0 Å². The van der Waals surface area contributed by atoms with Crippen molar-refractivity contribution < 1.29 is 26.7 Å². The van der Waals surface area contributed by atoms with Gasteiger partial charge in [0.15, 0.2) is 9.84 Å². The van der Waals surface area contributed by atoms with Gasteiger partial charge in [-0.05, 0) is 38.0 Å². The Morgan fingerprint density at radius 1 is 1.28 bits per heavy atom. The zero-order valence-corrected chi connectivity index (χ0v) is 17.9. The molecule has 1 amide bonds. The summed E-state index contributed by atoms with van der Waals surface area (Å²) in [5.41, 5.74) is 1.78. The maximum atomic E-state index is 12.8. The van der Waals surface area contributed by atoms with E-state index in [-0.39, 0.29) is 23.3 Å². The van der Waals surface area contributed by atoms with Crippen LogP contribution in [0.25, 0.3) is 22.3 Å². The number of amides is 1. The van der Waals surface area contributed by atoms with E-state index in [0.29, 0.717) is 27.9 Å². The van der Waals surface area contributed by atoms with Crippen molar-refractivity contribution in [3.05, 3.63) is 42.1 Å². The van der Waals surface area contributed by atoms with Crippen molar-refractivity contribution in [2.45, 2.75) is 38.0 Å². The topological polar surface area (TPSA) is 103 Å². The highest BCUT2D eigenvalue weighted by Crippen LogP contribution is 2.39. The van der Waals surface area contributed by atoms with Crippen LogP contribution in [0.2, 0.25) is 0 Å². The summed E-state index contributed by atoms with van der Waals surface area (Å²) < 4.78 is 54.6. The third kappa shape index (κ3) is 3.92. The second kappa shape index (κ2) is 7.22. The predicted molar refractivity (Wildman–Crippen MR) is 112 cm³/mol. The molecule has 3 aromatic rings. The van der Waals surface area contributed by atoms with Crippen molar-refractivity contribution >= 4 is 26.8 Å². The second-order valence-corrected chi connectivity index (χ2v) is 10.6. The van der Waals surface area contributed by atoms with E-state index < -0.39 is 27.9 Å². The quantitative estimate of drug-likeness (QED) is 0.604. The molecule has 1 aliphatic heterocycles. The number of hydrogen-bond acceptors (Lipinski definition) is 6. The van der Waals surface area contributed by atoms with Crippen LogP contribution >= 0.6 is 0 Å². The lowest BCUT2D eigenvalue weighted by Crippen LogP contribution is -2.63. The molecule has 1 saturated carbocycles. The first-order valence-electron chi connectivity index (χ1n) is 10.1. The monoisotopic (exact) mass is 462 g/mol. The zero-order chi connectivity index (χ0) is 22.7. The molecule has 11 heteroatoms. The van der Waals surface area contributed by atoms with Crippen LogP contribution in [0.3, 0.4) is 0 Å². The molecule has 0 radical (unpaired) electrons. The van der Waals surface area contributed by atoms with Crippen molar-refractivity contribution in [1.82, 2.24) is 20.1 Å². The van der Waals surface area contributed by atoms with E-state index >= 15 is 0 Å². The first kappa shape index (κ1) is 20.8. The number of pyridine rings is 1. The number of rotatable bonds is 6. The minimum atomic E-state index is -3.10. The Bertz CT molecular complexity index is 1320. The number of aromatic nitrogens is 3. The van der Waals surface area contributed by atoms with Gasteiger partial charge in [0.1, 0.15) is 17.0 Å². The first-order valence-corrected chi connectivity index (χ1v) is 11.9. The van der Waals surface area contributed by atoms with Gasteiger partial charge in [0.05, 0.1) is 34.2 Å². The summed E-state index contributed by atoms with van der Waals surface area (Å²) in [4.78, 5) is 17.2. The lowest BCUT2D eigenvalue weighted by molar-refractivity contribution is -0.0498. The molecule has 32 heavy (non-hydrogen) atoms. The number of carbonyl (C=O) groups excluding carboxylic acids is 1. The normalized spacial score (nSPS) is 19.0. The Morgan fingerprint density at radius 3 is 2.69 bits per heavy atom. The number of benzene rings is 1. The van der Waals surface area contributed by atoms with Crippen molar-refractivity contribution in [2.24, 2.45) is 0 Å². The number of sulfone groups is 1. The van der Waals surface area contributed by atoms with Gasteiger partial charge in [0.25, 0.3) is 5.91 Å². The minimum absolute atomic E-state index is 0.0197. The standard InChI is InChI=1S/C21H20F2N4O4S/c1-21(10-32(29,30)11-21)25-19(28)13-8-16-18(24-9-13)17(26-27(16)14-5-6-14)12-3-2-4-15(7-12)31-20(22)23/h2-4,7-9,14,20H,5-6,10-11H2,1H3,(H,25,28). The van der Waals surface area contributed by atoms with E-state index in [1.807, 2.05) is 4.68 Å². The van der Waals surface area contributed by atoms with Crippen molar-refractivity contribution in [1.29, 1.82) is 0 Å². The van der Waals surface area contributed by atoms with E-state index in [1.165, 1.54) is 18.3 Å². The summed E-state index contributed by atoms with van der Waals surface area (Å²) in [6.45, 7) is -1.24. The lowest BCUT2D eigenvalue weighted by atomic mass is 10.1. The van der Waals surface area contributed by atoms with Gasteiger partial charge in [0.2, 0.25) is 0 Å². The second-order valence-electron chi connectivity index (χ2n) is 8.57.